The van der Waals surface area contributed by atoms with Crippen molar-refractivity contribution in [2.45, 2.75) is 25.6 Å². The number of likely N-dealkylation sites (N-methyl/N-ethyl adjacent to an activating group) is 1. The topological polar surface area (TPSA) is 93.5 Å². The van der Waals surface area contributed by atoms with Crippen molar-refractivity contribution in [3.05, 3.63) is 33.9 Å². The molecule has 1 aromatic rings. The zero-order valence-corrected chi connectivity index (χ0v) is 14.4. The summed E-state index contributed by atoms with van der Waals surface area (Å²) in [5.41, 5.74) is 0.728. The highest BCUT2D eigenvalue weighted by atomic mass is 32.2. The molecule has 0 radical (unpaired) electrons. The summed E-state index contributed by atoms with van der Waals surface area (Å²) >= 11 is 1.42. The number of amides is 1. The van der Waals surface area contributed by atoms with Gasteiger partial charge in [-0.2, -0.15) is 0 Å². The number of rotatable bonds is 10. The molecular formula is C15H23N3O4S. The van der Waals surface area contributed by atoms with E-state index in [1.807, 2.05) is 13.8 Å². The van der Waals surface area contributed by atoms with Crippen molar-refractivity contribution in [1.82, 2.24) is 10.6 Å². The molecule has 0 aliphatic rings. The Morgan fingerprint density at radius 2 is 2.22 bits per heavy atom. The van der Waals surface area contributed by atoms with Gasteiger partial charge in [0.2, 0.25) is 5.91 Å². The second-order valence-electron chi connectivity index (χ2n) is 5.02. The van der Waals surface area contributed by atoms with Gasteiger partial charge in [0, 0.05) is 24.4 Å². The molecule has 1 atom stereocenters. The summed E-state index contributed by atoms with van der Waals surface area (Å²) < 4.78 is 4.96. The molecule has 1 aromatic carbocycles. The fourth-order valence-electron chi connectivity index (χ4n) is 1.97. The van der Waals surface area contributed by atoms with Gasteiger partial charge in [0.05, 0.1) is 17.8 Å². The molecule has 1 rings (SSSR count). The molecule has 128 valence electrons. The van der Waals surface area contributed by atoms with E-state index in [2.05, 4.69) is 10.6 Å². The maximum atomic E-state index is 11.7. The molecule has 23 heavy (non-hydrogen) atoms. The number of methoxy groups -OCH3 is 1. The third-order valence-electron chi connectivity index (χ3n) is 3.10. The van der Waals surface area contributed by atoms with Crippen molar-refractivity contribution in [3.63, 3.8) is 0 Å². The maximum Gasteiger partial charge on any atom is 0.311 e. The second-order valence-corrected chi connectivity index (χ2v) is 6.00. The van der Waals surface area contributed by atoms with Crippen LogP contribution in [0.25, 0.3) is 0 Å². The SMILES string of the molecule is CCN[C@H](C)CNC(=O)CSCc1ccc(OC)c([N+](=O)[O-])c1. The quantitative estimate of drug-likeness (QED) is 0.499. The second kappa shape index (κ2) is 10.1. The Labute approximate surface area is 140 Å². The molecule has 0 unspecified atom stereocenters. The molecular weight excluding hydrogens is 318 g/mol. The number of carbonyl (C=O) groups excluding carboxylic acids is 1. The van der Waals surface area contributed by atoms with Gasteiger partial charge >= 0.3 is 5.69 Å². The van der Waals surface area contributed by atoms with Crippen LogP contribution in [0.2, 0.25) is 0 Å². The van der Waals surface area contributed by atoms with Crippen molar-refractivity contribution in [2.75, 3.05) is 26.0 Å². The van der Waals surface area contributed by atoms with E-state index in [1.54, 1.807) is 12.1 Å². The van der Waals surface area contributed by atoms with Crippen molar-refractivity contribution < 1.29 is 14.5 Å². The van der Waals surface area contributed by atoms with E-state index in [9.17, 15) is 14.9 Å². The molecule has 0 saturated heterocycles. The van der Waals surface area contributed by atoms with E-state index < -0.39 is 4.92 Å². The van der Waals surface area contributed by atoms with Gasteiger partial charge in [-0.25, -0.2) is 0 Å². The smallest absolute Gasteiger partial charge is 0.311 e. The number of hydrogen-bond acceptors (Lipinski definition) is 6. The largest absolute Gasteiger partial charge is 0.490 e. The van der Waals surface area contributed by atoms with Crippen LogP contribution < -0.4 is 15.4 Å². The summed E-state index contributed by atoms with van der Waals surface area (Å²) in [7, 11) is 1.40. The number of carbonyl (C=O) groups is 1. The van der Waals surface area contributed by atoms with Crippen LogP contribution in [-0.2, 0) is 10.5 Å². The van der Waals surface area contributed by atoms with Crippen LogP contribution in [0.4, 0.5) is 5.69 Å². The molecule has 1 amide bonds. The Morgan fingerprint density at radius 3 is 2.83 bits per heavy atom. The monoisotopic (exact) mass is 341 g/mol. The molecule has 2 N–H and O–H groups in total. The Hall–Kier alpha value is -1.80. The fraction of sp³-hybridized carbons (Fsp3) is 0.533. The molecule has 8 heteroatoms. The average Bonchev–Trinajstić information content (AvgIpc) is 2.53. The minimum Gasteiger partial charge on any atom is -0.490 e. The first kappa shape index (κ1) is 19.2. The zero-order valence-electron chi connectivity index (χ0n) is 13.6. The van der Waals surface area contributed by atoms with Crippen LogP contribution in [0.5, 0.6) is 5.75 Å². The minimum atomic E-state index is -0.470. The molecule has 0 aromatic heterocycles. The molecule has 0 spiro atoms. The van der Waals surface area contributed by atoms with Crippen LogP contribution in [0.15, 0.2) is 18.2 Å². The maximum absolute atomic E-state index is 11.7. The van der Waals surface area contributed by atoms with Gasteiger partial charge in [-0.3, -0.25) is 14.9 Å². The number of nitro groups is 1. The lowest BCUT2D eigenvalue weighted by molar-refractivity contribution is -0.385. The molecule has 0 aliphatic heterocycles. The summed E-state index contributed by atoms with van der Waals surface area (Å²) in [6.07, 6.45) is 0. The number of nitrogens with one attached hydrogen (secondary N) is 2. The fourth-order valence-corrected chi connectivity index (χ4v) is 2.77. The predicted molar refractivity (Wildman–Crippen MR) is 92.0 cm³/mol. The van der Waals surface area contributed by atoms with E-state index in [1.165, 1.54) is 24.9 Å². The highest BCUT2D eigenvalue weighted by Crippen LogP contribution is 2.28. The Morgan fingerprint density at radius 1 is 1.48 bits per heavy atom. The first-order chi connectivity index (χ1) is 11.0. The van der Waals surface area contributed by atoms with Gasteiger partial charge in [-0.15, -0.1) is 11.8 Å². The van der Waals surface area contributed by atoms with E-state index in [-0.39, 0.29) is 23.4 Å². The summed E-state index contributed by atoms with van der Waals surface area (Å²) in [4.78, 5) is 22.2. The van der Waals surface area contributed by atoms with Gasteiger partial charge in [-0.05, 0) is 25.1 Å². The standard InChI is InChI=1S/C15H23N3O4S/c1-4-16-11(2)8-17-15(19)10-23-9-12-5-6-14(22-3)13(7-12)18(20)21/h5-7,11,16H,4,8-10H2,1-3H3,(H,17,19)/t11-/m1/s1. The number of thioether (sulfide) groups is 1. The van der Waals surface area contributed by atoms with Crippen molar-refractivity contribution in [2.24, 2.45) is 0 Å². The highest BCUT2D eigenvalue weighted by molar-refractivity contribution is 7.99. The lowest BCUT2D eigenvalue weighted by Gasteiger charge is -2.13. The van der Waals surface area contributed by atoms with Gasteiger partial charge in [0.1, 0.15) is 0 Å². The number of benzene rings is 1. The normalized spacial score (nSPS) is 11.8. The van der Waals surface area contributed by atoms with Gasteiger partial charge in [0.25, 0.3) is 0 Å². The zero-order chi connectivity index (χ0) is 17.2. The van der Waals surface area contributed by atoms with Crippen LogP contribution in [0.3, 0.4) is 0 Å². The van der Waals surface area contributed by atoms with Crippen molar-refractivity contribution >= 4 is 23.4 Å². The third kappa shape index (κ3) is 6.87. The lowest BCUT2D eigenvalue weighted by atomic mass is 10.2. The average molecular weight is 341 g/mol. The molecule has 0 fully saturated rings. The summed E-state index contributed by atoms with van der Waals surface area (Å²) in [5, 5.41) is 17.0. The number of nitrogens with zero attached hydrogens (tertiary/aromatic N) is 1. The summed E-state index contributed by atoms with van der Waals surface area (Å²) in [5.74, 6) is 1.04. The van der Waals surface area contributed by atoms with Gasteiger partial charge < -0.3 is 15.4 Å². The van der Waals surface area contributed by atoms with Crippen molar-refractivity contribution in [3.8, 4) is 5.75 Å². The number of hydrogen-bond donors (Lipinski definition) is 2. The Kier molecular flexibility index (Phi) is 8.42. The number of ether oxygens (including phenoxy) is 1. The third-order valence-corrected chi connectivity index (χ3v) is 4.10. The highest BCUT2D eigenvalue weighted by Gasteiger charge is 2.15. The Balaban J connectivity index is 2.42. The van der Waals surface area contributed by atoms with Crippen LogP contribution in [0.1, 0.15) is 19.4 Å². The van der Waals surface area contributed by atoms with Gasteiger partial charge in [0.15, 0.2) is 5.75 Å². The molecule has 0 aliphatic carbocycles. The van der Waals surface area contributed by atoms with Crippen molar-refractivity contribution in [1.29, 1.82) is 0 Å². The van der Waals surface area contributed by atoms with E-state index in [0.29, 0.717) is 18.1 Å². The van der Waals surface area contributed by atoms with E-state index in [0.717, 1.165) is 12.1 Å². The molecule has 0 heterocycles. The first-order valence-corrected chi connectivity index (χ1v) is 8.52. The molecule has 0 saturated carbocycles. The lowest BCUT2D eigenvalue weighted by Crippen LogP contribution is -2.39. The summed E-state index contributed by atoms with van der Waals surface area (Å²) in [6, 6.07) is 5.06. The molecule has 7 nitrogen and oxygen atoms in total. The van der Waals surface area contributed by atoms with Gasteiger partial charge in [-0.1, -0.05) is 13.0 Å². The van der Waals surface area contributed by atoms with E-state index in [4.69, 9.17) is 4.74 Å². The number of nitro benzene ring substituents is 1. The van der Waals surface area contributed by atoms with Crippen LogP contribution >= 0.6 is 11.8 Å². The molecule has 0 bridgehead atoms. The van der Waals surface area contributed by atoms with Crippen LogP contribution in [-0.4, -0.2) is 42.8 Å². The summed E-state index contributed by atoms with van der Waals surface area (Å²) in [6.45, 7) is 5.47. The Bertz CT molecular complexity index is 539. The van der Waals surface area contributed by atoms with E-state index >= 15 is 0 Å². The first-order valence-electron chi connectivity index (χ1n) is 7.37. The van der Waals surface area contributed by atoms with Crippen LogP contribution in [0, 0.1) is 10.1 Å². The predicted octanol–water partition coefficient (Wildman–Crippen LogP) is 1.95. The minimum absolute atomic E-state index is 0.0391.